The van der Waals surface area contributed by atoms with Crippen LogP contribution in [0.3, 0.4) is 0 Å². The first-order chi connectivity index (χ1) is 11.5. The molecule has 1 aromatic rings. The van der Waals surface area contributed by atoms with Gasteiger partial charge in [-0.2, -0.15) is 0 Å². The number of hydrogen-bond donors (Lipinski definition) is 3. The van der Waals surface area contributed by atoms with Crippen LogP contribution in [0.4, 0.5) is 11.4 Å². The normalized spacial score (nSPS) is 13.0. The van der Waals surface area contributed by atoms with Crippen LogP contribution in [-0.4, -0.2) is 37.6 Å². The third-order valence-electron chi connectivity index (χ3n) is 3.71. The molecule has 0 fully saturated rings. The first-order valence-electron chi connectivity index (χ1n) is 8.45. The number of carbonyl (C=O) groups excluding carboxylic acids is 2. The summed E-state index contributed by atoms with van der Waals surface area (Å²) in [4.78, 5) is 23.9. The van der Waals surface area contributed by atoms with Crippen LogP contribution in [0.1, 0.15) is 40.0 Å². The van der Waals surface area contributed by atoms with Crippen LogP contribution in [0.25, 0.3) is 0 Å². The highest BCUT2D eigenvalue weighted by Crippen LogP contribution is 2.16. The topological polar surface area (TPSA) is 79.5 Å². The fourth-order valence-corrected chi connectivity index (χ4v) is 2.09. The molecule has 0 aliphatic heterocycles. The number of hydrogen-bond acceptors (Lipinski definition) is 4. The highest BCUT2D eigenvalue weighted by Gasteiger charge is 2.14. The minimum absolute atomic E-state index is 0.0338. The average molecular weight is 335 g/mol. The molecule has 0 aliphatic carbocycles. The van der Waals surface area contributed by atoms with Crippen molar-refractivity contribution in [3.8, 4) is 0 Å². The highest BCUT2D eigenvalue weighted by atomic mass is 16.5. The molecule has 2 amide bonds. The van der Waals surface area contributed by atoms with Gasteiger partial charge in [-0.15, -0.1) is 0 Å². The van der Waals surface area contributed by atoms with Gasteiger partial charge in [-0.25, -0.2) is 0 Å². The molecule has 3 N–H and O–H groups in total. The summed E-state index contributed by atoms with van der Waals surface area (Å²) in [5.74, 6) is -0.245. The molecule has 6 heteroatoms. The number of benzene rings is 1. The second kappa shape index (κ2) is 10.6. The second-order valence-electron chi connectivity index (χ2n) is 5.81. The fraction of sp³-hybridized carbons (Fsp3) is 0.556. The van der Waals surface area contributed by atoms with Crippen molar-refractivity contribution in [1.29, 1.82) is 0 Å². The highest BCUT2D eigenvalue weighted by molar-refractivity contribution is 5.94. The Bertz CT molecular complexity index is 534. The second-order valence-corrected chi connectivity index (χ2v) is 5.81. The molecule has 1 rings (SSSR count). The predicted molar refractivity (Wildman–Crippen MR) is 97.2 cm³/mol. The molecule has 134 valence electrons. The maximum atomic E-state index is 12.0. The molecule has 0 saturated carbocycles. The molecule has 24 heavy (non-hydrogen) atoms. The quantitative estimate of drug-likeness (QED) is 0.575. The lowest BCUT2D eigenvalue weighted by Crippen LogP contribution is -2.38. The molecule has 0 aliphatic rings. The summed E-state index contributed by atoms with van der Waals surface area (Å²) in [7, 11) is 1.49. The molecule has 0 bridgehead atoms. The fourth-order valence-electron chi connectivity index (χ4n) is 2.09. The van der Waals surface area contributed by atoms with Crippen LogP contribution in [0, 0.1) is 0 Å². The van der Waals surface area contributed by atoms with Crippen molar-refractivity contribution >= 4 is 23.2 Å². The summed E-state index contributed by atoms with van der Waals surface area (Å²) in [5.41, 5.74) is 1.43. The largest absolute Gasteiger partial charge is 0.374 e. The van der Waals surface area contributed by atoms with Crippen molar-refractivity contribution in [2.75, 3.05) is 24.3 Å². The van der Waals surface area contributed by atoms with E-state index in [0.29, 0.717) is 12.2 Å². The van der Waals surface area contributed by atoms with Crippen molar-refractivity contribution in [3.05, 3.63) is 24.3 Å². The molecule has 0 aromatic heterocycles. The van der Waals surface area contributed by atoms with Gasteiger partial charge in [0.15, 0.2) is 0 Å². The zero-order valence-electron chi connectivity index (χ0n) is 15.0. The van der Waals surface area contributed by atoms with Gasteiger partial charge in [-0.1, -0.05) is 25.8 Å². The molecule has 2 atom stereocenters. The zero-order valence-corrected chi connectivity index (χ0v) is 15.0. The molecule has 0 saturated heterocycles. The number of nitrogens with one attached hydrogen (secondary N) is 3. The lowest BCUT2D eigenvalue weighted by Gasteiger charge is -2.16. The van der Waals surface area contributed by atoms with E-state index in [1.807, 2.05) is 19.1 Å². The van der Waals surface area contributed by atoms with Crippen LogP contribution in [0.2, 0.25) is 0 Å². The third kappa shape index (κ3) is 7.00. The minimum atomic E-state index is -0.519. The average Bonchev–Trinajstić information content (AvgIpc) is 2.57. The predicted octanol–water partition coefficient (Wildman–Crippen LogP) is 2.77. The summed E-state index contributed by atoms with van der Waals surface area (Å²) in [6.45, 7) is 6.32. The lowest BCUT2D eigenvalue weighted by atomic mass is 10.2. The molecule has 1 aromatic carbocycles. The van der Waals surface area contributed by atoms with E-state index >= 15 is 0 Å². The molecular formula is C18H29N3O3. The van der Waals surface area contributed by atoms with Crippen LogP contribution in [0.15, 0.2) is 24.3 Å². The number of unbranched alkanes of at least 4 members (excludes halogenated alkanes) is 2. The number of anilines is 2. The summed E-state index contributed by atoms with van der Waals surface area (Å²) >= 11 is 0. The number of methoxy groups -OCH3 is 1. The van der Waals surface area contributed by atoms with Gasteiger partial charge in [0.2, 0.25) is 5.91 Å². The Kier molecular flexibility index (Phi) is 8.86. The first-order valence-corrected chi connectivity index (χ1v) is 8.45. The van der Waals surface area contributed by atoms with E-state index in [1.165, 1.54) is 7.11 Å². The van der Waals surface area contributed by atoms with E-state index < -0.39 is 6.10 Å². The van der Waals surface area contributed by atoms with E-state index in [2.05, 4.69) is 22.9 Å². The van der Waals surface area contributed by atoms with Crippen LogP contribution in [0.5, 0.6) is 0 Å². The Labute approximate surface area is 144 Å². The van der Waals surface area contributed by atoms with Crippen LogP contribution in [-0.2, 0) is 14.3 Å². The number of amides is 2. The molecule has 0 spiro atoms. The summed E-state index contributed by atoms with van der Waals surface area (Å²) in [6.07, 6.45) is 2.72. The van der Waals surface area contributed by atoms with Crippen molar-refractivity contribution < 1.29 is 14.3 Å². The molecule has 2 unspecified atom stereocenters. The SMILES string of the molecule is CCCCCNC(=O)C(C)Nc1cccc(NC(=O)C(C)OC)c1. The van der Waals surface area contributed by atoms with Gasteiger partial charge < -0.3 is 20.7 Å². The van der Waals surface area contributed by atoms with E-state index in [9.17, 15) is 9.59 Å². The summed E-state index contributed by atoms with van der Waals surface area (Å²) < 4.78 is 4.98. The monoisotopic (exact) mass is 335 g/mol. The lowest BCUT2D eigenvalue weighted by molar-refractivity contribution is -0.124. The Hall–Kier alpha value is -2.08. The molecular weight excluding hydrogens is 306 g/mol. The molecule has 0 heterocycles. The summed E-state index contributed by atoms with van der Waals surface area (Å²) in [5, 5.41) is 8.84. The van der Waals surface area contributed by atoms with Crippen LogP contribution >= 0.6 is 0 Å². The van der Waals surface area contributed by atoms with Crippen molar-refractivity contribution in [3.63, 3.8) is 0 Å². The van der Waals surface area contributed by atoms with E-state index in [0.717, 1.165) is 24.9 Å². The maximum Gasteiger partial charge on any atom is 0.253 e. The van der Waals surface area contributed by atoms with E-state index in [4.69, 9.17) is 4.74 Å². The van der Waals surface area contributed by atoms with Gasteiger partial charge in [0.1, 0.15) is 12.1 Å². The van der Waals surface area contributed by atoms with Crippen LogP contribution < -0.4 is 16.0 Å². The first kappa shape index (κ1) is 20.0. The van der Waals surface area contributed by atoms with Gasteiger partial charge >= 0.3 is 0 Å². The Morgan fingerprint density at radius 3 is 2.50 bits per heavy atom. The van der Waals surface area contributed by atoms with Gasteiger partial charge in [-0.3, -0.25) is 9.59 Å². The Balaban J connectivity index is 2.54. The zero-order chi connectivity index (χ0) is 17.9. The van der Waals surface area contributed by atoms with E-state index in [-0.39, 0.29) is 17.9 Å². The Morgan fingerprint density at radius 1 is 1.12 bits per heavy atom. The van der Waals surface area contributed by atoms with Crippen molar-refractivity contribution in [2.45, 2.75) is 52.2 Å². The van der Waals surface area contributed by atoms with Crippen molar-refractivity contribution in [1.82, 2.24) is 5.32 Å². The smallest absolute Gasteiger partial charge is 0.253 e. The number of ether oxygens (including phenoxy) is 1. The van der Waals surface area contributed by atoms with Gasteiger partial charge in [0.25, 0.3) is 5.91 Å². The van der Waals surface area contributed by atoms with Gasteiger partial charge in [-0.05, 0) is 38.5 Å². The maximum absolute atomic E-state index is 12.0. The van der Waals surface area contributed by atoms with Gasteiger partial charge in [0, 0.05) is 25.0 Å². The number of rotatable bonds is 10. The number of carbonyl (C=O) groups is 2. The molecule has 6 nitrogen and oxygen atoms in total. The van der Waals surface area contributed by atoms with Gasteiger partial charge in [0.05, 0.1) is 0 Å². The van der Waals surface area contributed by atoms with Crippen molar-refractivity contribution in [2.24, 2.45) is 0 Å². The standard InChI is InChI=1S/C18H29N3O3/c1-5-6-7-11-19-17(22)13(2)20-15-9-8-10-16(12-15)21-18(23)14(3)24-4/h8-10,12-14,20H,5-7,11H2,1-4H3,(H,19,22)(H,21,23). The third-order valence-corrected chi connectivity index (χ3v) is 3.71. The summed E-state index contributed by atoms with van der Waals surface area (Å²) in [6, 6.07) is 6.91. The Morgan fingerprint density at radius 2 is 1.83 bits per heavy atom. The molecule has 0 radical (unpaired) electrons. The minimum Gasteiger partial charge on any atom is -0.374 e. The van der Waals surface area contributed by atoms with E-state index in [1.54, 1.807) is 19.1 Å².